The molecule has 0 aliphatic heterocycles. The van der Waals surface area contributed by atoms with Gasteiger partial charge in [0.15, 0.2) is 0 Å². The van der Waals surface area contributed by atoms with E-state index in [-0.39, 0.29) is 13.2 Å². The van der Waals surface area contributed by atoms with Gasteiger partial charge in [0.25, 0.3) is 5.91 Å². The maximum atomic E-state index is 12.8. The maximum absolute atomic E-state index is 12.8. The number of amides is 2. The van der Waals surface area contributed by atoms with Crippen LogP contribution in [0.25, 0.3) is 0 Å². The second-order valence-electron chi connectivity index (χ2n) is 8.19. The minimum absolute atomic E-state index is 0.0829. The van der Waals surface area contributed by atoms with E-state index in [4.69, 9.17) is 19.8 Å². The lowest BCUT2D eigenvalue weighted by Gasteiger charge is -2.34. The van der Waals surface area contributed by atoms with Crippen LogP contribution in [0.15, 0.2) is 65.6 Å². The number of rotatable bonds is 12. The lowest BCUT2D eigenvalue weighted by atomic mass is 9.78. The van der Waals surface area contributed by atoms with Crippen LogP contribution < -0.4 is 15.5 Å². The van der Waals surface area contributed by atoms with Crippen LogP contribution in [-0.2, 0) is 9.53 Å². The predicted octanol–water partition coefficient (Wildman–Crippen LogP) is 4.94. The third-order valence-electron chi connectivity index (χ3n) is 5.15. The van der Waals surface area contributed by atoms with Crippen LogP contribution in [0.4, 0.5) is 10.5 Å². The van der Waals surface area contributed by atoms with Gasteiger partial charge in [-0.3, -0.25) is 15.3 Å². The predicted molar refractivity (Wildman–Crippen MR) is 132 cm³/mol. The van der Waals surface area contributed by atoms with Crippen LogP contribution in [-0.4, -0.2) is 41.8 Å². The van der Waals surface area contributed by atoms with Crippen LogP contribution in [0.1, 0.15) is 38.4 Å². The minimum atomic E-state index is -0.601. The Morgan fingerprint density at radius 1 is 1.12 bits per heavy atom. The molecule has 0 fully saturated rings. The van der Waals surface area contributed by atoms with Crippen molar-refractivity contribution in [2.45, 2.75) is 37.7 Å². The van der Waals surface area contributed by atoms with Crippen LogP contribution in [0.2, 0.25) is 0 Å². The fourth-order valence-electron chi connectivity index (χ4n) is 3.32. The van der Waals surface area contributed by atoms with E-state index in [2.05, 4.69) is 5.32 Å². The molecule has 2 aromatic rings. The first-order chi connectivity index (χ1) is 16.3. The van der Waals surface area contributed by atoms with Crippen molar-refractivity contribution in [3.8, 4) is 5.75 Å². The summed E-state index contributed by atoms with van der Waals surface area (Å²) in [7, 11) is 0. The Labute approximate surface area is 204 Å². The fourth-order valence-corrected chi connectivity index (χ4v) is 3.73. The van der Waals surface area contributed by atoms with E-state index in [0.717, 1.165) is 10.5 Å². The number of thioether (sulfide) groups is 1. The fraction of sp³-hybridized carbons (Fsp3) is 0.360. The summed E-state index contributed by atoms with van der Waals surface area (Å²) in [5.41, 5.74) is 2.48. The maximum Gasteiger partial charge on any atom is 0.412 e. The van der Waals surface area contributed by atoms with Gasteiger partial charge in [-0.25, -0.2) is 10.3 Å². The second kappa shape index (κ2) is 13.6. The van der Waals surface area contributed by atoms with Crippen LogP contribution >= 0.6 is 11.8 Å². The van der Waals surface area contributed by atoms with E-state index < -0.39 is 23.5 Å². The first-order valence-electron chi connectivity index (χ1n) is 10.8. The highest BCUT2D eigenvalue weighted by Crippen LogP contribution is 2.41. The monoisotopic (exact) mass is 488 g/mol. The van der Waals surface area contributed by atoms with Gasteiger partial charge >= 0.3 is 6.09 Å². The molecule has 0 unspecified atom stereocenters. The largest absolute Gasteiger partial charge is 0.491 e. The van der Waals surface area contributed by atoms with Gasteiger partial charge in [-0.15, -0.1) is 11.8 Å². The van der Waals surface area contributed by atoms with Crippen molar-refractivity contribution in [1.82, 2.24) is 5.48 Å². The normalized spacial score (nSPS) is 12.3. The molecule has 2 aromatic carbocycles. The minimum Gasteiger partial charge on any atom is -0.491 e. The number of nitrogens with one attached hydrogen (secondary N) is 2. The zero-order valence-corrected chi connectivity index (χ0v) is 20.4. The highest BCUT2D eigenvalue weighted by Gasteiger charge is 2.34. The molecule has 0 bridgehead atoms. The van der Waals surface area contributed by atoms with E-state index in [1.807, 2.05) is 56.5 Å². The summed E-state index contributed by atoms with van der Waals surface area (Å²) >= 11 is 1.61. The molecule has 34 heavy (non-hydrogen) atoms. The first kappa shape index (κ1) is 27.2. The number of hydroxylamine groups is 1. The summed E-state index contributed by atoms with van der Waals surface area (Å²) < 4.78 is 11.3. The molecule has 0 saturated carbocycles. The summed E-state index contributed by atoms with van der Waals surface area (Å²) in [5, 5.41) is 20.3. The average Bonchev–Trinajstić information content (AvgIpc) is 2.84. The molecule has 8 nitrogen and oxygen atoms in total. The standard InChI is InChI=1S/C25H32N2O6S/c1-25(2,15-5-4-6-22(29)27-31)23(18-7-11-20(12-8-18)32-17-16-28)33-24(30)26-19-9-13-21(34-3)14-10-19/h4,6-14,23,28,31H,5,15-17H2,1-3H3,(H,26,30)(H,27,29)/b6-4+/t23-/m0/s1. The van der Waals surface area contributed by atoms with E-state index >= 15 is 0 Å². The molecule has 9 heteroatoms. The number of benzene rings is 2. The van der Waals surface area contributed by atoms with Gasteiger partial charge in [0, 0.05) is 22.1 Å². The zero-order chi connectivity index (χ0) is 25.0. The molecule has 0 saturated heterocycles. The lowest BCUT2D eigenvalue weighted by molar-refractivity contribution is -0.124. The number of anilines is 1. The van der Waals surface area contributed by atoms with E-state index in [1.54, 1.807) is 35.5 Å². The number of hydrogen-bond acceptors (Lipinski definition) is 7. The summed E-state index contributed by atoms with van der Waals surface area (Å²) in [5.74, 6) is 0.00147. The highest BCUT2D eigenvalue weighted by molar-refractivity contribution is 7.98. The van der Waals surface area contributed by atoms with Crippen molar-refractivity contribution >= 4 is 29.4 Å². The van der Waals surface area contributed by atoms with Crippen LogP contribution in [0.5, 0.6) is 5.75 Å². The van der Waals surface area contributed by atoms with Gasteiger partial charge in [0.05, 0.1) is 6.61 Å². The van der Waals surface area contributed by atoms with E-state index in [0.29, 0.717) is 24.3 Å². The molecule has 0 aliphatic rings. The molecule has 4 N–H and O–H groups in total. The van der Waals surface area contributed by atoms with Crippen LogP contribution in [0.3, 0.4) is 0 Å². The number of aliphatic hydroxyl groups excluding tert-OH is 1. The molecule has 0 aromatic heterocycles. The number of hydrogen-bond donors (Lipinski definition) is 4. The summed E-state index contributed by atoms with van der Waals surface area (Å²) in [4.78, 5) is 25.1. The summed E-state index contributed by atoms with van der Waals surface area (Å²) in [6, 6.07) is 14.7. The molecule has 2 amide bonds. The summed E-state index contributed by atoms with van der Waals surface area (Å²) in [6.07, 6.45) is 4.86. The Morgan fingerprint density at radius 3 is 2.38 bits per heavy atom. The quantitative estimate of drug-likeness (QED) is 0.145. The number of carbonyl (C=O) groups excluding carboxylic acids is 2. The van der Waals surface area contributed by atoms with Crippen molar-refractivity contribution in [2.75, 3.05) is 24.8 Å². The van der Waals surface area contributed by atoms with Gasteiger partial charge in [-0.05, 0) is 61.1 Å². The first-order valence-corrected chi connectivity index (χ1v) is 12.1. The van der Waals surface area contributed by atoms with Gasteiger partial charge in [0.2, 0.25) is 0 Å². The smallest absolute Gasteiger partial charge is 0.412 e. The van der Waals surface area contributed by atoms with Crippen molar-refractivity contribution in [1.29, 1.82) is 0 Å². The van der Waals surface area contributed by atoms with Gasteiger partial charge in [-0.1, -0.05) is 32.1 Å². The van der Waals surface area contributed by atoms with Crippen molar-refractivity contribution in [2.24, 2.45) is 5.41 Å². The molecular weight excluding hydrogens is 456 g/mol. The van der Waals surface area contributed by atoms with Crippen molar-refractivity contribution in [3.05, 3.63) is 66.2 Å². The number of carbonyl (C=O) groups is 2. The van der Waals surface area contributed by atoms with Crippen LogP contribution in [0, 0.1) is 5.41 Å². The topological polar surface area (TPSA) is 117 Å². The molecule has 2 rings (SSSR count). The molecule has 184 valence electrons. The molecule has 1 atom stereocenters. The van der Waals surface area contributed by atoms with Gasteiger partial charge in [0.1, 0.15) is 18.5 Å². The molecular formula is C25H32N2O6S. The number of aliphatic hydroxyl groups is 1. The lowest BCUT2D eigenvalue weighted by Crippen LogP contribution is -2.29. The highest BCUT2D eigenvalue weighted by atomic mass is 32.2. The van der Waals surface area contributed by atoms with E-state index in [1.165, 1.54) is 6.08 Å². The molecule has 0 spiro atoms. The SMILES string of the molecule is CSc1ccc(NC(=O)O[C@@H](c2ccc(OCCO)cc2)C(C)(C)CC/C=C/C(=O)NO)cc1. The second-order valence-corrected chi connectivity index (χ2v) is 9.07. The Kier molecular flexibility index (Phi) is 10.9. The Hall–Kier alpha value is -3.01. The van der Waals surface area contributed by atoms with Crippen molar-refractivity contribution < 1.29 is 29.4 Å². The summed E-state index contributed by atoms with van der Waals surface area (Å²) in [6.45, 7) is 4.07. The third-order valence-corrected chi connectivity index (χ3v) is 5.89. The Morgan fingerprint density at radius 2 is 1.79 bits per heavy atom. The van der Waals surface area contributed by atoms with Crippen molar-refractivity contribution in [3.63, 3.8) is 0 Å². The Balaban J connectivity index is 2.18. The average molecular weight is 489 g/mol. The molecule has 0 radical (unpaired) electrons. The number of ether oxygens (including phenoxy) is 2. The molecule has 0 heterocycles. The zero-order valence-electron chi connectivity index (χ0n) is 19.6. The molecule has 0 aliphatic carbocycles. The van der Waals surface area contributed by atoms with E-state index in [9.17, 15) is 9.59 Å². The Bertz CT molecular complexity index is 945. The number of allylic oxidation sites excluding steroid dienone is 1. The van der Waals surface area contributed by atoms with Gasteiger partial charge in [-0.2, -0.15) is 0 Å². The van der Waals surface area contributed by atoms with Gasteiger partial charge < -0.3 is 14.6 Å². The third kappa shape index (κ3) is 8.74.